The molecule has 1 unspecified atom stereocenters. The van der Waals surface area contributed by atoms with Gasteiger partial charge >= 0.3 is 6.09 Å². The summed E-state index contributed by atoms with van der Waals surface area (Å²) in [6, 6.07) is 3.26. The van der Waals surface area contributed by atoms with Crippen LogP contribution in [0.4, 0.5) is 10.5 Å². The first-order valence-electron chi connectivity index (χ1n) is 9.60. The van der Waals surface area contributed by atoms with Gasteiger partial charge < -0.3 is 20.3 Å². The first kappa shape index (κ1) is 20.1. The molecule has 2 aliphatic rings. The molecule has 1 saturated heterocycles. The van der Waals surface area contributed by atoms with Gasteiger partial charge in [0.1, 0.15) is 11.3 Å². The van der Waals surface area contributed by atoms with Crippen LogP contribution in [0.1, 0.15) is 50.5 Å². The van der Waals surface area contributed by atoms with Gasteiger partial charge in [-0.05, 0) is 57.6 Å². The number of carbonyl (C=O) groups is 3. The maximum absolute atomic E-state index is 12.6. The molecule has 1 atom stereocenters. The van der Waals surface area contributed by atoms with E-state index in [-0.39, 0.29) is 29.2 Å². The molecule has 3 rings (SSSR count). The van der Waals surface area contributed by atoms with Gasteiger partial charge in [0.25, 0.3) is 5.91 Å². The van der Waals surface area contributed by atoms with Crippen molar-refractivity contribution < 1.29 is 19.1 Å². The zero-order valence-electron chi connectivity index (χ0n) is 16.9. The minimum atomic E-state index is -0.504. The van der Waals surface area contributed by atoms with Crippen LogP contribution >= 0.6 is 0 Å². The SMILES string of the molecule is CNC(=O)c1ccc(NC(=O)C2CC23CCN(C(=O)OC(C)(C)C)CC3)cn1. The van der Waals surface area contributed by atoms with Crippen LogP contribution in [0.2, 0.25) is 0 Å². The van der Waals surface area contributed by atoms with E-state index in [0.29, 0.717) is 24.5 Å². The maximum atomic E-state index is 12.6. The van der Waals surface area contributed by atoms with Gasteiger partial charge in [-0.15, -0.1) is 0 Å². The molecule has 0 bridgehead atoms. The summed E-state index contributed by atoms with van der Waals surface area (Å²) in [5, 5.41) is 5.39. The molecule has 1 spiro atoms. The third kappa shape index (κ3) is 4.43. The quantitative estimate of drug-likeness (QED) is 0.828. The van der Waals surface area contributed by atoms with Crippen molar-refractivity contribution in [3.8, 4) is 0 Å². The Morgan fingerprint density at radius 2 is 1.89 bits per heavy atom. The number of rotatable bonds is 3. The lowest BCUT2D eigenvalue weighted by Gasteiger charge is -2.34. The summed E-state index contributed by atoms with van der Waals surface area (Å²) in [5.74, 6) is -0.345. The number of hydrogen-bond acceptors (Lipinski definition) is 5. The third-order valence-corrected chi connectivity index (χ3v) is 5.41. The van der Waals surface area contributed by atoms with Crippen LogP contribution < -0.4 is 10.6 Å². The molecule has 1 aromatic rings. The zero-order chi connectivity index (χ0) is 20.5. The molecule has 152 valence electrons. The van der Waals surface area contributed by atoms with Crippen molar-refractivity contribution in [2.24, 2.45) is 11.3 Å². The fraction of sp³-hybridized carbons (Fsp3) is 0.600. The minimum absolute atomic E-state index is 0.0158. The van der Waals surface area contributed by atoms with E-state index in [9.17, 15) is 14.4 Å². The third-order valence-electron chi connectivity index (χ3n) is 5.41. The molecule has 8 heteroatoms. The van der Waals surface area contributed by atoms with E-state index in [2.05, 4.69) is 15.6 Å². The molecule has 3 amide bonds. The van der Waals surface area contributed by atoms with Crippen molar-refractivity contribution in [3.05, 3.63) is 24.0 Å². The van der Waals surface area contributed by atoms with Crippen molar-refractivity contribution in [1.82, 2.24) is 15.2 Å². The normalized spacial score (nSPS) is 20.4. The summed E-state index contributed by atoms with van der Waals surface area (Å²) in [4.78, 5) is 42.1. The Morgan fingerprint density at radius 3 is 2.43 bits per heavy atom. The number of hydrogen-bond donors (Lipinski definition) is 2. The van der Waals surface area contributed by atoms with E-state index in [0.717, 1.165) is 19.3 Å². The number of nitrogens with zero attached hydrogens (tertiary/aromatic N) is 2. The second-order valence-corrected chi connectivity index (χ2v) is 8.59. The monoisotopic (exact) mass is 388 g/mol. The number of anilines is 1. The highest BCUT2D eigenvalue weighted by Crippen LogP contribution is 2.59. The summed E-state index contributed by atoms with van der Waals surface area (Å²) >= 11 is 0. The van der Waals surface area contributed by atoms with Crippen molar-refractivity contribution in [2.75, 3.05) is 25.5 Å². The molecule has 1 aliphatic carbocycles. The molecular formula is C20H28N4O4. The Kier molecular flexibility index (Phi) is 5.32. The average molecular weight is 388 g/mol. The maximum Gasteiger partial charge on any atom is 0.410 e. The predicted octanol–water partition coefficient (Wildman–Crippen LogP) is 2.42. The van der Waals surface area contributed by atoms with Crippen LogP contribution in [0.5, 0.6) is 0 Å². The minimum Gasteiger partial charge on any atom is -0.444 e. The smallest absolute Gasteiger partial charge is 0.410 e. The summed E-state index contributed by atoms with van der Waals surface area (Å²) in [6.45, 7) is 6.79. The van der Waals surface area contributed by atoms with Gasteiger partial charge in [-0.3, -0.25) is 9.59 Å². The van der Waals surface area contributed by atoms with Gasteiger partial charge in [0.15, 0.2) is 0 Å². The number of pyridine rings is 1. The Morgan fingerprint density at radius 1 is 1.21 bits per heavy atom. The molecule has 8 nitrogen and oxygen atoms in total. The van der Waals surface area contributed by atoms with Crippen LogP contribution in [0.3, 0.4) is 0 Å². The number of amides is 3. The summed E-state index contributed by atoms with van der Waals surface area (Å²) < 4.78 is 5.43. The molecule has 1 saturated carbocycles. The van der Waals surface area contributed by atoms with Crippen LogP contribution in [0.25, 0.3) is 0 Å². The molecular weight excluding hydrogens is 360 g/mol. The molecule has 2 heterocycles. The van der Waals surface area contributed by atoms with E-state index in [1.807, 2.05) is 20.8 Å². The van der Waals surface area contributed by atoms with E-state index in [1.165, 1.54) is 6.20 Å². The number of ether oxygens (including phenoxy) is 1. The molecule has 28 heavy (non-hydrogen) atoms. The first-order chi connectivity index (χ1) is 13.1. The van der Waals surface area contributed by atoms with Gasteiger partial charge in [-0.1, -0.05) is 0 Å². The van der Waals surface area contributed by atoms with E-state index in [4.69, 9.17) is 4.74 Å². The lowest BCUT2D eigenvalue weighted by atomic mass is 9.91. The Hall–Kier alpha value is -2.64. The predicted molar refractivity (Wildman–Crippen MR) is 104 cm³/mol. The molecule has 2 fully saturated rings. The van der Waals surface area contributed by atoms with Crippen molar-refractivity contribution in [3.63, 3.8) is 0 Å². The molecule has 0 aromatic carbocycles. The molecule has 1 aromatic heterocycles. The van der Waals surface area contributed by atoms with Crippen molar-refractivity contribution >= 4 is 23.6 Å². The van der Waals surface area contributed by atoms with Gasteiger partial charge in [-0.2, -0.15) is 0 Å². The van der Waals surface area contributed by atoms with Gasteiger partial charge in [0.05, 0.1) is 11.9 Å². The standard InChI is InChI=1S/C20H28N4O4/c1-19(2,3)28-18(27)24-9-7-20(8-10-24)11-14(20)16(25)23-13-5-6-15(22-12-13)17(26)21-4/h5-6,12,14H,7-11H2,1-4H3,(H,21,26)(H,23,25). The second kappa shape index (κ2) is 7.41. The fourth-order valence-corrected chi connectivity index (χ4v) is 3.69. The number of nitrogens with one attached hydrogen (secondary N) is 2. The molecule has 0 radical (unpaired) electrons. The number of carbonyl (C=O) groups excluding carboxylic acids is 3. The Bertz CT molecular complexity index is 761. The molecule has 1 aliphatic heterocycles. The lowest BCUT2D eigenvalue weighted by molar-refractivity contribution is -0.118. The summed E-state index contributed by atoms with van der Waals surface area (Å²) in [7, 11) is 1.54. The highest BCUT2D eigenvalue weighted by Gasteiger charge is 2.58. The van der Waals surface area contributed by atoms with Crippen molar-refractivity contribution in [2.45, 2.75) is 45.6 Å². The van der Waals surface area contributed by atoms with Crippen LogP contribution in [0, 0.1) is 11.3 Å². The largest absolute Gasteiger partial charge is 0.444 e. The van der Waals surface area contributed by atoms with E-state index < -0.39 is 5.60 Å². The topological polar surface area (TPSA) is 101 Å². The summed E-state index contributed by atoms with van der Waals surface area (Å²) in [5.41, 5.74) is 0.358. The highest BCUT2D eigenvalue weighted by atomic mass is 16.6. The zero-order valence-corrected chi connectivity index (χ0v) is 16.9. The van der Waals surface area contributed by atoms with Crippen LogP contribution in [-0.2, 0) is 9.53 Å². The van der Waals surface area contributed by atoms with Gasteiger partial charge in [-0.25, -0.2) is 9.78 Å². The number of likely N-dealkylation sites (tertiary alicyclic amines) is 1. The van der Waals surface area contributed by atoms with Crippen LogP contribution in [-0.4, -0.2) is 53.5 Å². The number of aromatic nitrogens is 1. The Balaban J connectivity index is 1.51. The highest BCUT2D eigenvalue weighted by molar-refractivity contribution is 5.96. The summed E-state index contributed by atoms with van der Waals surface area (Å²) in [6.07, 6.45) is 3.65. The van der Waals surface area contributed by atoms with Crippen molar-refractivity contribution in [1.29, 1.82) is 0 Å². The fourth-order valence-electron chi connectivity index (χ4n) is 3.69. The van der Waals surface area contributed by atoms with Gasteiger partial charge in [0.2, 0.25) is 5.91 Å². The first-order valence-corrected chi connectivity index (χ1v) is 9.60. The number of piperidine rings is 1. The van der Waals surface area contributed by atoms with Gasteiger partial charge in [0, 0.05) is 26.1 Å². The second-order valence-electron chi connectivity index (χ2n) is 8.59. The molecule has 2 N–H and O–H groups in total. The average Bonchev–Trinajstić information content (AvgIpc) is 3.34. The van der Waals surface area contributed by atoms with E-state index >= 15 is 0 Å². The Labute approximate surface area is 165 Å². The van der Waals surface area contributed by atoms with Crippen LogP contribution in [0.15, 0.2) is 18.3 Å². The van der Waals surface area contributed by atoms with E-state index in [1.54, 1.807) is 24.1 Å². The lowest BCUT2D eigenvalue weighted by Crippen LogP contribution is -2.42.